The van der Waals surface area contributed by atoms with Gasteiger partial charge in [0.2, 0.25) is 5.91 Å². The summed E-state index contributed by atoms with van der Waals surface area (Å²) in [5.41, 5.74) is 1.89. The average molecular weight is 354 g/mol. The normalized spacial score (nSPS) is 12.2. The molecule has 2 aromatic carbocycles. The van der Waals surface area contributed by atoms with Crippen LogP contribution >= 0.6 is 0 Å². The summed E-state index contributed by atoms with van der Waals surface area (Å²) >= 11 is 0. The lowest BCUT2D eigenvalue weighted by molar-refractivity contribution is -0.117. The summed E-state index contributed by atoms with van der Waals surface area (Å²) in [6, 6.07) is 15.3. The van der Waals surface area contributed by atoms with Gasteiger partial charge in [0.1, 0.15) is 11.5 Å². The van der Waals surface area contributed by atoms with Crippen LogP contribution in [0.1, 0.15) is 17.2 Å². The van der Waals surface area contributed by atoms with Crippen molar-refractivity contribution in [3.63, 3.8) is 0 Å². The molecule has 138 valence electrons. The van der Waals surface area contributed by atoms with Crippen LogP contribution in [0.5, 0.6) is 11.5 Å². The zero-order chi connectivity index (χ0) is 18.9. The van der Waals surface area contributed by atoms with E-state index in [4.69, 9.17) is 9.47 Å². The molecule has 1 atom stereocenters. The Labute approximate surface area is 155 Å². The van der Waals surface area contributed by atoms with Crippen LogP contribution in [0, 0.1) is 0 Å². The molecule has 2 aromatic rings. The van der Waals surface area contributed by atoms with Gasteiger partial charge in [-0.3, -0.25) is 4.79 Å². The van der Waals surface area contributed by atoms with Crippen molar-refractivity contribution in [1.29, 1.82) is 0 Å². The lowest BCUT2D eigenvalue weighted by Crippen LogP contribution is -2.34. The molecule has 26 heavy (non-hydrogen) atoms. The predicted molar refractivity (Wildman–Crippen MR) is 104 cm³/mol. The Bertz CT molecular complexity index is 742. The van der Waals surface area contributed by atoms with Gasteiger partial charge in [0.05, 0.1) is 20.3 Å². The summed E-state index contributed by atoms with van der Waals surface area (Å²) in [5, 5.41) is 3.06. The number of nitrogens with zero attached hydrogens (tertiary/aromatic N) is 1. The Balaban J connectivity index is 2.11. The van der Waals surface area contributed by atoms with E-state index in [1.54, 1.807) is 26.4 Å². The van der Waals surface area contributed by atoms with Gasteiger partial charge in [-0.05, 0) is 37.9 Å². The van der Waals surface area contributed by atoms with Gasteiger partial charge in [0, 0.05) is 24.3 Å². The third-order valence-electron chi connectivity index (χ3n) is 3.92. The van der Waals surface area contributed by atoms with E-state index in [2.05, 4.69) is 5.32 Å². The van der Waals surface area contributed by atoms with Crippen molar-refractivity contribution in [3.8, 4) is 11.5 Å². The fourth-order valence-electron chi connectivity index (χ4n) is 2.63. The number of carbonyl (C=O) groups excluding carboxylic acids is 1. The Kier molecular flexibility index (Phi) is 7.24. The van der Waals surface area contributed by atoms with E-state index in [9.17, 15) is 4.79 Å². The predicted octanol–water partition coefficient (Wildman–Crippen LogP) is 3.14. The highest BCUT2D eigenvalue weighted by atomic mass is 16.5. The van der Waals surface area contributed by atoms with Crippen LogP contribution in [0.15, 0.2) is 54.6 Å². The smallest absolute Gasteiger partial charge is 0.244 e. The van der Waals surface area contributed by atoms with Crippen molar-refractivity contribution in [2.75, 3.05) is 34.9 Å². The zero-order valence-corrected chi connectivity index (χ0v) is 15.7. The van der Waals surface area contributed by atoms with Gasteiger partial charge in [-0.2, -0.15) is 0 Å². The van der Waals surface area contributed by atoms with Gasteiger partial charge in [-0.15, -0.1) is 0 Å². The molecule has 0 saturated heterocycles. The molecular weight excluding hydrogens is 328 g/mol. The molecule has 5 heteroatoms. The fourth-order valence-corrected chi connectivity index (χ4v) is 2.63. The number of hydrogen-bond donors (Lipinski definition) is 1. The maximum atomic E-state index is 12.4. The molecule has 0 aromatic heterocycles. The number of hydrogen-bond acceptors (Lipinski definition) is 4. The van der Waals surface area contributed by atoms with Crippen molar-refractivity contribution >= 4 is 12.0 Å². The first-order valence-corrected chi connectivity index (χ1v) is 8.43. The molecule has 0 spiro atoms. The lowest BCUT2D eigenvalue weighted by Gasteiger charge is -2.22. The number of nitrogens with one attached hydrogen (secondary N) is 1. The molecule has 2 rings (SSSR count). The Morgan fingerprint density at radius 3 is 2.46 bits per heavy atom. The van der Waals surface area contributed by atoms with Crippen LogP contribution in [0.25, 0.3) is 6.08 Å². The Morgan fingerprint density at radius 2 is 1.85 bits per heavy atom. The first kappa shape index (κ1) is 19.5. The summed E-state index contributed by atoms with van der Waals surface area (Å²) in [5.74, 6) is 1.21. The minimum absolute atomic E-state index is 0.0823. The van der Waals surface area contributed by atoms with Gasteiger partial charge >= 0.3 is 0 Å². The first-order chi connectivity index (χ1) is 12.5. The molecule has 0 aliphatic rings. The third kappa shape index (κ3) is 5.63. The van der Waals surface area contributed by atoms with Gasteiger partial charge in [0.15, 0.2) is 0 Å². The average Bonchev–Trinajstić information content (AvgIpc) is 2.66. The summed E-state index contributed by atoms with van der Waals surface area (Å²) < 4.78 is 10.5. The Hall–Kier alpha value is -2.79. The maximum Gasteiger partial charge on any atom is 0.244 e. The van der Waals surface area contributed by atoms with Crippen LogP contribution in [0.4, 0.5) is 0 Å². The van der Waals surface area contributed by atoms with E-state index >= 15 is 0 Å². The van der Waals surface area contributed by atoms with Crippen LogP contribution < -0.4 is 14.8 Å². The molecule has 0 aliphatic carbocycles. The van der Waals surface area contributed by atoms with E-state index < -0.39 is 0 Å². The van der Waals surface area contributed by atoms with E-state index in [1.807, 2.05) is 61.5 Å². The largest absolute Gasteiger partial charge is 0.497 e. The highest BCUT2D eigenvalue weighted by Crippen LogP contribution is 2.25. The molecule has 0 fully saturated rings. The third-order valence-corrected chi connectivity index (χ3v) is 3.92. The van der Waals surface area contributed by atoms with E-state index in [1.165, 1.54) is 6.08 Å². The van der Waals surface area contributed by atoms with E-state index in [-0.39, 0.29) is 11.9 Å². The monoisotopic (exact) mass is 354 g/mol. The molecule has 0 unspecified atom stereocenters. The minimum Gasteiger partial charge on any atom is -0.497 e. The zero-order valence-electron chi connectivity index (χ0n) is 15.7. The lowest BCUT2D eigenvalue weighted by atomic mass is 10.1. The first-order valence-electron chi connectivity index (χ1n) is 8.43. The molecule has 0 saturated carbocycles. The van der Waals surface area contributed by atoms with Gasteiger partial charge < -0.3 is 19.7 Å². The number of carbonyl (C=O) groups is 1. The highest BCUT2D eigenvalue weighted by molar-refractivity contribution is 5.92. The van der Waals surface area contributed by atoms with Crippen molar-refractivity contribution in [2.45, 2.75) is 6.04 Å². The number of amides is 1. The second-order valence-electron chi connectivity index (χ2n) is 6.18. The van der Waals surface area contributed by atoms with Gasteiger partial charge in [0.25, 0.3) is 0 Å². The van der Waals surface area contributed by atoms with Crippen molar-refractivity contribution in [2.24, 2.45) is 0 Å². The molecule has 0 bridgehead atoms. The number of likely N-dealkylation sites (N-methyl/N-ethyl adjacent to an activating group) is 1. The molecule has 0 heterocycles. The Morgan fingerprint density at radius 1 is 1.12 bits per heavy atom. The van der Waals surface area contributed by atoms with Crippen molar-refractivity contribution in [3.05, 3.63) is 65.7 Å². The summed E-state index contributed by atoms with van der Waals surface area (Å²) in [7, 11) is 7.17. The van der Waals surface area contributed by atoms with Gasteiger partial charge in [-0.25, -0.2) is 0 Å². The van der Waals surface area contributed by atoms with Crippen LogP contribution in [-0.4, -0.2) is 45.7 Å². The second-order valence-corrected chi connectivity index (χ2v) is 6.18. The quantitative estimate of drug-likeness (QED) is 0.740. The molecule has 1 N–H and O–H groups in total. The topological polar surface area (TPSA) is 50.8 Å². The summed E-state index contributed by atoms with van der Waals surface area (Å²) in [6.07, 6.45) is 3.27. The SMILES string of the molecule is COc1ccc(/C=C/C(=O)N[C@H](CN(C)C)c2ccccc2)c(OC)c1. The van der Waals surface area contributed by atoms with Gasteiger partial charge in [-0.1, -0.05) is 30.3 Å². The van der Waals surface area contributed by atoms with Crippen molar-refractivity contribution in [1.82, 2.24) is 10.2 Å². The summed E-state index contributed by atoms with van der Waals surface area (Å²) in [4.78, 5) is 14.5. The summed E-state index contributed by atoms with van der Waals surface area (Å²) in [6.45, 7) is 0.718. The second kappa shape index (κ2) is 9.63. The standard InChI is InChI=1S/C21H26N2O3/c1-23(2)15-19(16-8-6-5-7-9-16)22-21(24)13-11-17-10-12-18(25-3)14-20(17)26-4/h5-14,19H,15H2,1-4H3,(H,22,24)/b13-11+/t19-/m1/s1. The number of benzene rings is 2. The van der Waals surface area contributed by atoms with E-state index in [0.717, 1.165) is 17.7 Å². The number of ether oxygens (including phenoxy) is 2. The molecular formula is C21H26N2O3. The number of rotatable bonds is 8. The van der Waals surface area contributed by atoms with Crippen LogP contribution in [0.3, 0.4) is 0 Å². The minimum atomic E-state index is -0.154. The van der Waals surface area contributed by atoms with Crippen molar-refractivity contribution < 1.29 is 14.3 Å². The number of methoxy groups -OCH3 is 2. The highest BCUT2D eigenvalue weighted by Gasteiger charge is 2.14. The molecule has 0 aliphatic heterocycles. The maximum absolute atomic E-state index is 12.4. The molecule has 1 amide bonds. The fraction of sp³-hybridized carbons (Fsp3) is 0.286. The van der Waals surface area contributed by atoms with Crippen LogP contribution in [-0.2, 0) is 4.79 Å². The molecule has 5 nitrogen and oxygen atoms in total. The van der Waals surface area contributed by atoms with E-state index in [0.29, 0.717) is 11.5 Å². The molecule has 0 radical (unpaired) electrons. The van der Waals surface area contributed by atoms with Crippen LogP contribution in [0.2, 0.25) is 0 Å².